The molecule has 2 aromatic carbocycles. The maximum atomic E-state index is 5.53. The standard InChI is InChI=1S/C21H24N4OS/c1-26-19-10-6-5-9-18(19)25-20(22-23-21(25)27)17-11-13-24(14-12-17)15-16-7-3-2-4-8-16/h2-10,17H,11-15H2,1H3,(H,23,27). The van der Waals surface area contributed by atoms with Gasteiger partial charge in [0.25, 0.3) is 0 Å². The van der Waals surface area contributed by atoms with Crippen LogP contribution in [-0.2, 0) is 6.54 Å². The van der Waals surface area contributed by atoms with Gasteiger partial charge in [0.2, 0.25) is 0 Å². The average molecular weight is 381 g/mol. The molecule has 0 radical (unpaired) electrons. The number of likely N-dealkylation sites (tertiary alicyclic amines) is 1. The van der Waals surface area contributed by atoms with Gasteiger partial charge in [0.1, 0.15) is 11.6 Å². The largest absolute Gasteiger partial charge is 0.495 e. The molecule has 140 valence electrons. The van der Waals surface area contributed by atoms with Gasteiger partial charge < -0.3 is 4.74 Å². The van der Waals surface area contributed by atoms with E-state index in [0.29, 0.717) is 10.7 Å². The highest BCUT2D eigenvalue weighted by atomic mass is 32.1. The number of aromatic amines is 1. The number of benzene rings is 2. The van der Waals surface area contributed by atoms with Crippen molar-refractivity contribution >= 4 is 12.2 Å². The van der Waals surface area contributed by atoms with E-state index < -0.39 is 0 Å². The van der Waals surface area contributed by atoms with Crippen molar-refractivity contribution in [3.63, 3.8) is 0 Å². The molecule has 1 aromatic heterocycles. The minimum absolute atomic E-state index is 0.384. The summed E-state index contributed by atoms with van der Waals surface area (Å²) in [6.07, 6.45) is 2.14. The predicted molar refractivity (Wildman–Crippen MR) is 109 cm³/mol. The zero-order valence-electron chi connectivity index (χ0n) is 15.5. The summed E-state index contributed by atoms with van der Waals surface area (Å²) in [6.45, 7) is 3.13. The van der Waals surface area contributed by atoms with Crippen LogP contribution in [0.15, 0.2) is 54.6 Å². The first-order valence-corrected chi connectivity index (χ1v) is 9.74. The minimum Gasteiger partial charge on any atom is -0.495 e. The molecule has 1 aliphatic heterocycles. The molecule has 27 heavy (non-hydrogen) atoms. The molecule has 1 aliphatic rings. The zero-order valence-corrected chi connectivity index (χ0v) is 16.3. The lowest BCUT2D eigenvalue weighted by molar-refractivity contribution is 0.201. The van der Waals surface area contributed by atoms with Gasteiger partial charge in [0.15, 0.2) is 4.77 Å². The van der Waals surface area contributed by atoms with E-state index in [1.54, 1.807) is 7.11 Å². The average Bonchev–Trinajstić information content (AvgIpc) is 3.10. The van der Waals surface area contributed by atoms with Gasteiger partial charge in [-0.05, 0) is 55.8 Å². The molecule has 0 aliphatic carbocycles. The highest BCUT2D eigenvalue weighted by Crippen LogP contribution is 2.31. The Labute approximate surface area is 164 Å². The van der Waals surface area contributed by atoms with Crippen LogP contribution in [0.5, 0.6) is 5.75 Å². The minimum atomic E-state index is 0.384. The Morgan fingerprint density at radius 3 is 2.52 bits per heavy atom. The molecule has 5 nitrogen and oxygen atoms in total. The number of ether oxygens (including phenoxy) is 1. The van der Waals surface area contributed by atoms with E-state index in [4.69, 9.17) is 17.0 Å². The Balaban J connectivity index is 1.52. The topological polar surface area (TPSA) is 46.1 Å². The van der Waals surface area contributed by atoms with Gasteiger partial charge >= 0.3 is 0 Å². The second-order valence-corrected chi connectivity index (χ2v) is 7.32. The molecule has 1 saturated heterocycles. The van der Waals surface area contributed by atoms with Crippen molar-refractivity contribution in [3.8, 4) is 11.4 Å². The summed E-state index contributed by atoms with van der Waals surface area (Å²) in [5.41, 5.74) is 2.31. The van der Waals surface area contributed by atoms with Gasteiger partial charge in [-0.25, -0.2) is 0 Å². The van der Waals surface area contributed by atoms with Gasteiger partial charge in [-0.3, -0.25) is 14.6 Å². The van der Waals surface area contributed by atoms with Crippen LogP contribution in [0.1, 0.15) is 30.1 Å². The smallest absolute Gasteiger partial charge is 0.200 e. The first-order chi connectivity index (χ1) is 13.3. The van der Waals surface area contributed by atoms with Crippen LogP contribution in [0.3, 0.4) is 0 Å². The van der Waals surface area contributed by atoms with E-state index in [1.807, 2.05) is 28.8 Å². The monoisotopic (exact) mass is 380 g/mol. The quantitative estimate of drug-likeness (QED) is 0.670. The summed E-state index contributed by atoms with van der Waals surface area (Å²) in [4.78, 5) is 2.51. The van der Waals surface area contributed by atoms with Gasteiger partial charge in [-0.1, -0.05) is 42.5 Å². The van der Waals surface area contributed by atoms with Gasteiger partial charge in [0, 0.05) is 12.5 Å². The van der Waals surface area contributed by atoms with E-state index in [-0.39, 0.29) is 0 Å². The van der Waals surface area contributed by atoms with Gasteiger partial charge in [-0.2, -0.15) is 5.10 Å². The van der Waals surface area contributed by atoms with E-state index >= 15 is 0 Å². The Kier molecular flexibility index (Phi) is 5.36. The summed E-state index contributed by atoms with van der Waals surface area (Å²) in [5, 5.41) is 7.55. The Morgan fingerprint density at radius 2 is 1.78 bits per heavy atom. The number of hydrogen-bond donors (Lipinski definition) is 1. The van der Waals surface area contributed by atoms with Crippen molar-refractivity contribution in [2.45, 2.75) is 25.3 Å². The number of para-hydroxylation sites is 2. The molecular weight excluding hydrogens is 356 g/mol. The maximum absolute atomic E-state index is 5.53. The van der Waals surface area contributed by atoms with E-state index in [9.17, 15) is 0 Å². The van der Waals surface area contributed by atoms with Crippen LogP contribution in [0.4, 0.5) is 0 Å². The van der Waals surface area contributed by atoms with Crippen molar-refractivity contribution in [1.82, 2.24) is 19.7 Å². The fourth-order valence-corrected chi connectivity index (χ4v) is 4.06. The molecule has 0 unspecified atom stereocenters. The number of rotatable bonds is 5. The molecule has 0 saturated carbocycles. The van der Waals surface area contributed by atoms with Crippen LogP contribution in [0.2, 0.25) is 0 Å². The molecule has 1 N–H and O–H groups in total. The van der Waals surface area contributed by atoms with Crippen LogP contribution < -0.4 is 4.74 Å². The predicted octanol–water partition coefficient (Wildman–Crippen LogP) is 4.32. The number of methoxy groups -OCH3 is 1. The fraction of sp³-hybridized carbons (Fsp3) is 0.333. The second-order valence-electron chi connectivity index (χ2n) is 6.93. The van der Waals surface area contributed by atoms with Crippen LogP contribution in [-0.4, -0.2) is 39.9 Å². The lowest BCUT2D eigenvalue weighted by Crippen LogP contribution is -2.33. The lowest BCUT2D eigenvalue weighted by Gasteiger charge is -2.31. The van der Waals surface area contributed by atoms with Crippen LogP contribution >= 0.6 is 12.2 Å². The van der Waals surface area contributed by atoms with Crippen molar-refractivity contribution in [2.24, 2.45) is 0 Å². The number of aromatic nitrogens is 3. The molecule has 0 atom stereocenters. The molecule has 6 heteroatoms. The summed E-state index contributed by atoms with van der Waals surface area (Å²) in [6, 6.07) is 18.6. The van der Waals surface area contributed by atoms with Crippen molar-refractivity contribution in [1.29, 1.82) is 0 Å². The van der Waals surface area contributed by atoms with Gasteiger partial charge in [0.05, 0.1) is 12.8 Å². The molecule has 0 amide bonds. The maximum Gasteiger partial charge on any atom is 0.200 e. The number of H-pyrrole nitrogens is 1. The summed E-state index contributed by atoms with van der Waals surface area (Å²) in [5.74, 6) is 2.19. The van der Waals surface area contributed by atoms with E-state index in [0.717, 1.165) is 49.7 Å². The van der Waals surface area contributed by atoms with E-state index in [1.165, 1.54) is 5.56 Å². The normalized spacial score (nSPS) is 15.7. The Hall–Kier alpha value is -2.44. The molecule has 3 aromatic rings. The van der Waals surface area contributed by atoms with Crippen molar-refractivity contribution in [3.05, 3.63) is 70.8 Å². The highest BCUT2D eigenvalue weighted by Gasteiger charge is 2.26. The first kappa shape index (κ1) is 17.9. The first-order valence-electron chi connectivity index (χ1n) is 9.33. The van der Waals surface area contributed by atoms with Crippen molar-refractivity contribution < 1.29 is 4.74 Å². The Morgan fingerprint density at radius 1 is 1.07 bits per heavy atom. The Bertz CT molecular complexity index is 942. The molecule has 0 spiro atoms. The molecule has 4 rings (SSSR count). The SMILES string of the molecule is COc1ccccc1-n1c(C2CCN(Cc3ccccc3)CC2)n[nH]c1=S. The lowest BCUT2D eigenvalue weighted by atomic mass is 9.95. The number of nitrogens with one attached hydrogen (secondary N) is 1. The molecular formula is C21H24N4OS. The van der Waals surface area contributed by atoms with Gasteiger partial charge in [-0.15, -0.1) is 0 Å². The zero-order chi connectivity index (χ0) is 18.6. The number of nitrogens with zero attached hydrogens (tertiary/aromatic N) is 3. The van der Waals surface area contributed by atoms with Crippen molar-refractivity contribution in [2.75, 3.05) is 20.2 Å². The summed E-state index contributed by atoms with van der Waals surface area (Å²) < 4.78 is 8.18. The summed E-state index contributed by atoms with van der Waals surface area (Å²) in [7, 11) is 1.68. The third-order valence-corrected chi connectivity index (χ3v) is 5.50. The van der Waals surface area contributed by atoms with Crippen LogP contribution in [0, 0.1) is 4.77 Å². The van der Waals surface area contributed by atoms with E-state index in [2.05, 4.69) is 45.4 Å². The number of hydrogen-bond acceptors (Lipinski definition) is 4. The highest BCUT2D eigenvalue weighted by molar-refractivity contribution is 7.71. The molecule has 1 fully saturated rings. The fourth-order valence-electron chi connectivity index (χ4n) is 3.82. The van der Waals surface area contributed by atoms with Crippen LogP contribution in [0.25, 0.3) is 5.69 Å². The second kappa shape index (κ2) is 8.06. The molecule has 2 heterocycles. The number of piperidine rings is 1. The third kappa shape index (κ3) is 3.82. The summed E-state index contributed by atoms with van der Waals surface area (Å²) >= 11 is 5.52. The molecule has 0 bridgehead atoms. The third-order valence-electron chi connectivity index (χ3n) is 5.23.